The first-order valence-electron chi connectivity index (χ1n) is 5.24. The molecule has 16 heavy (non-hydrogen) atoms. The van der Waals surface area contributed by atoms with E-state index in [1.165, 1.54) is 0 Å². The molecule has 1 unspecified atom stereocenters. The normalized spacial score (nSPS) is 12.7. The number of hydrogen-bond acceptors (Lipinski definition) is 3. The van der Waals surface area contributed by atoms with Gasteiger partial charge in [-0.15, -0.1) is 0 Å². The molecular weight excluding hydrogens is 202 g/mol. The van der Waals surface area contributed by atoms with Crippen LogP contribution in [0.25, 0.3) is 0 Å². The fourth-order valence-electron chi connectivity index (χ4n) is 1.69. The van der Waals surface area contributed by atoms with Gasteiger partial charge in [-0.05, 0) is 24.6 Å². The van der Waals surface area contributed by atoms with Crippen molar-refractivity contribution >= 4 is 0 Å². The van der Waals surface area contributed by atoms with E-state index in [2.05, 4.69) is 10.1 Å². The lowest BCUT2D eigenvalue weighted by Crippen LogP contribution is -2.03. The van der Waals surface area contributed by atoms with Crippen molar-refractivity contribution in [3.63, 3.8) is 0 Å². The minimum atomic E-state index is -0.504. The van der Waals surface area contributed by atoms with Gasteiger partial charge in [-0.25, -0.2) is 0 Å². The Morgan fingerprint density at radius 1 is 1.38 bits per heavy atom. The van der Waals surface area contributed by atoms with Crippen LogP contribution in [0.1, 0.15) is 22.9 Å². The molecule has 4 heteroatoms. The number of aryl methyl sites for hydroxylation is 1. The Kier molecular flexibility index (Phi) is 3.01. The lowest BCUT2D eigenvalue weighted by molar-refractivity contribution is 0.177. The number of nitrogens with zero attached hydrogens (tertiary/aromatic N) is 3. The Labute approximate surface area is 94.6 Å². The third-order valence-corrected chi connectivity index (χ3v) is 2.81. The van der Waals surface area contributed by atoms with Crippen molar-refractivity contribution in [2.45, 2.75) is 19.4 Å². The summed E-state index contributed by atoms with van der Waals surface area (Å²) in [6, 6.07) is 3.82. The van der Waals surface area contributed by atoms with Crippen LogP contribution in [-0.4, -0.2) is 19.9 Å². The smallest absolute Gasteiger partial charge is 0.0863 e. The average Bonchev–Trinajstić information content (AvgIpc) is 2.61. The van der Waals surface area contributed by atoms with Crippen LogP contribution >= 0.6 is 0 Å². The predicted molar refractivity (Wildman–Crippen MR) is 60.8 cm³/mol. The predicted octanol–water partition coefficient (Wildman–Crippen LogP) is 1.40. The lowest BCUT2D eigenvalue weighted by atomic mass is 10.0. The monoisotopic (exact) mass is 217 g/mol. The Bertz CT molecular complexity index is 464. The standard InChI is InChI=1S/C12H15N3O/c1-9-11(8-14-15(9)2)12(16)7-10-3-5-13-6-4-10/h3-6,8,12,16H,7H2,1-2H3. The molecule has 0 saturated heterocycles. The van der Waals surface area contributed by atoms with E-state index in [9.17, 15) is 5.11 Å². The Morgan fingerprint density at radius 2 is 2.06 bits per heavy atom. The highest BCUT2D eigenvalue weighted by Crippen LogP contribution is 2.20. The van der Waals surface area contributed by atoms with Gasteiger partial charge in [0.1, 0.15) is 0 Å². The van der Waals surface area contributed by atoms with Crippen molar-refractivity contribution in [1.29, 1.82) is 0 Å². The van der Waals surface area contributed by atoms with Crippen molar-refractivity contribution < 1.29 is 5.11 Å². The Balaban J connectivity index is 2.15. The summed E-state index contributed by atoms with van der Waals surface area (Å²) < 4.78 is 1.77. The third kappa shape index (κ3) is 2.12. The second kappa shape index (κ2) is 4.45. The van der Waals surface area contributed by atoms with Crippen molar-refractivity contribution in [1.82, 2.24) is 14.8 Å². The molecule has 0 amide bonds. The average molecular weight is 217 g/mol. The highest BCUT2D eigenvalue weighted by molar-refractivity contribution is 5.22. The van der Waals surface area contributed by atoms with Crippen LogP contribution < -0.4 is 0 Å². The first kappa shape index (κ1) is 10.8. The first-order chi connectivity index (χ1) is 7.68. The van der Waals surface area contributed by atoms with E-state index in [4.69, 9.17) is 0 Å². The number of hydrogen-bond donors (Lipinski definition) is 1. The van der Waals surface area contributed by atoms with Crippen molar-refractivity contribution in [2.75, 3.05) is 0 Å². The van der Waals surface area contributed by atoms with Gasteiger partial charge in [0, 0.05) is 37.1 Å². The van der Waals surface area contributed by atoms with Gasteiger partial charge in [-0.1, -0.05) is 0 Å². The van der Waals surface area contributed by atoms with Crippen LogP contribution in [-0.2, 0) is 13.5 Å². The van der Waals surface area contributed by atoms with Crippen molar-refractivity contribution in [3.8, 4) is 0 Å². The van der Waals surface area contributed by atoms with E-state index in [0.29, 0.717) is 6.42 Å². The molecule has 2 aromatic rings. The number of aliphatic hydroxyl groups is 1. The van der Waals surface area contributed by atoms with Gasteiger partial charge in [-0.3, -0.25) is 9.67 Å². The molecule has 84 valence electrons. The molecule has 0 aliphatic carbocycles. The third-order valence-electron chi connectivity index (χ3n) is 2.81. The molecule has 0 fully saturated rings. The largest absolute Gasteiger partial charge is 0.388 e. The minimum Gasteiger partial charge on any atom is -0.388 e. The Hall–Kier alpha value is -1.68. The number of rotatable bonds is 3. The maximum Gasteiger partial charge on any atom is 0.0863 e. The fourth-order valence-corrected chi connectivity index (χ4v) is 1.69. The SMILES string of the molecule is Cc1c(C(O)Cc2ccncc2)cnn1C. The summed E-state index contributed by atoms with van der Waals surface area (Å²) in [5, 5.41) is 14.2. The summed E-state index contributed by atoms with van der Waals surface area (Å²) in [5.74, 6) is 0. The summed E-state index contributed by atoms with van der Waals surface area (Å²) in [4.78, 5) is 3.95. The molecule has 0 spiro atoms. The highest BCUT2D eigenvalue weighted by atomic mass is 16.3. The van der Waals surface area contributed by atoms with E-state index < -0.39 is 6.10 Å². The number of aliphatic hydroxyl groups excluding tert-OH is 1. The first-order valence-corrected chi connectivity index (χ1v) is 5.24. The maximum atomic E-state index is 10.1. The quantitative estimate of drug-likeness (QED) is 0.845. The van der Waals surface area contributed by atoms with Crippen LogP contribution in [0.5, 0.6) is 0 Å². The molecule has 0 aliphatic rings. The summed E-state index contributed by atoms with van der Waals surface area (Å²) in [6.45, 7) is 1.96. The highest BCUT2D eigenvalue weighted by Gasteiger charge is 2.14. The molecule has 4 nitrogen and oxygen atoms in total. The van der Waals surface area contributed by atoms with Gasteiger partial charge >= 0.3 is 0 Å². The second-order valence-corrected chi connectivity index (χ2v) is 3.88. The van der Waals surface area contributed by atoms with E-state index in [1.807, 2.05) is 26.1 Å². The molecule has 2 rings (SSSR count). The number of aromatic nitrogens is 3. The summed E-state index contributed by atoms with van der Waals surface area (Å²) >= 11 is 0. The van der Waals surface area contributed by atoms with E-state index in [0.717, 1.165) is 16.8 Å². The zero-order valence-corrected chi connectivity index (χ0v) is 9.46. The van der Waals surface area contributed by atoms with Gasteiger partial charge in [0.15, 0.2) is 0 Å². The molecule has 0 bridgehead atoms. The van der Waals surface area contributed by atoms with Gasteiger partial charge < -0.3 is 5.11 Å². The van der Waals surface area contributed by atoms with Gasteiger partial charge in [0.2, 0.25) is 0 Å². The molecule has 0 saturated carbocycles. The van der Waals surface area contributed by atoms with Crippen LogP contribution in [0.3, 0.4) is 0 Å². The molecular formula is C12H15N3O. The zero-order valence-electron chi connectivity index (χ0n) is 9.46. The Morgan fingerprint density at radius 3 is 2.62 bits per heavy atom. The maximum absolute atomic E-state index is 10.1. The van der Waals surface area contributed by atoms with Gasteiger partial charge in [0.25, 0.3) is 0 Å². The van der Waals surface area contributed by atoms with Gasteiger partial charge in [-0.2, -0.15) is 5.10 Å². The molecule has 1 atom stereocenters. The van der Waals surface area contributed by atoms with Crippen LogP contribution in [0.4, 0.5) is 0 Å². The van der Waals surface area contributed by atoms with Crippen LogP contribution in [0.2, 0.25) is 0 Å². The van der Waals surface area contributed by atoms with Crippen molar-refractivity contribution in [2.24, 2.45) is 7.05 Å². The zero-order chi connectivity index (χ0) is 11.5. The topological polar surface area (TPSA) is 50.9 Å². The molecule has 0 aromatic carbocycles. The van der Waals surface area contributed by atoms with Crippen LogP contribution in [0, 0.1) is 6.92 Å². The summed E-state index contributed by atoms with van der Waals surface area (Å²) in [5.41, 5.74) is 2.96. The molecule has 0 aliphatic heterocycles. The molecule has 0 radical (unpaired) electrons. The van der Waals surface area contributed by atoms with Crippen molar-refractivity contribution in [3.05, 3.63) is 47.5 Å². The molecule has 2 aromatic heterocycles. The summed E-state index contributed by atoms with van der Waals surface area (Å²) in [6.07, 6.45) is 5.28. The van der Waals surface area contributed by atoms with Gasteiger partial charge in [0.05, 0.1) is 12.3 Å². The molecule has 2 heterocycles. The van der Waals surface area contributed by atoms with E-state index >= 15 is 0 Å². The summed E-state index contributed by atoms with van der Waals surface area (Å²) in [7, 11) is 1.87. The molecule has 1 N–H and O–H groups in total. The second-order valence-electron chi connectivity index (χ2n) is 3.88. The fraction of sp³-hybridized carbons (Fsp3) is 0.333. The van der Waals surface area contributed by atoms with E-state index in [1.54, 1.807) is 23.3 Å². The van der Waals surface area contributed by atoms with Crippen LogP contribution in [0.15, 0.2) is 30.7 Å². The lowest BCUT2D eigenvalue weighted by Gasteiger charge is -2.09. The van der Waals surface area contributed by atoms with E-state index in [-0.39, 0.29) is 0 Å². The number of pyridine rings is 1. The minimum absolute atomic E-state index is 0.504.